The summed E-state index contributed by atoms with van der Waals surface area (Å²) in [4.78, 5) is 24.1. The number of carbonyl (C=O) groups excluding carboxylic acids is 2. The lowest BCUT2D eigenvalue weighted by Crippen LogP contribution is -2.29. The molecule has 0 radical (unpaired) electrons. The van der Waals surface area contributed by atoms with Crippen LogP contribution in [-0.2, 0) is 6.54 Å². The van der Waals surface area contributed by atoms with Crippen molar-refractivity contribution < 1.29 is 27.5 Å². The number of hydrogen-bond acceptors (Lipinski definition) is 3. The van der Waals surface area contributed by atoms with Crippen molar-refractivity contribution in [2.45, 2.75) is 26.6 Å². The van der Waals surface area contributed by atoms with Gasteiger partial charge in [0.25, 0.3) is 5.91 Å². The third-order valence-corrected chi connectivity index (χ3v) is 3.84. The van der Waals surface area contributed by atoms with Gasteiger partial charge in [0, 0.05) is 24.3 Å². The molecule has 0 aromatic heterocycles. The highest BCUT2D eigenvalue weighted by Crippen LogP contribution is 2.20. The van der Waals surface area contributed by atoms with E-state index in [1.807, 2.05) is 6.92 Å². The highest BCUT2D eigenvalue weighted by Gasteiger charge is 2.28. The molecule has 9 heteroatoms. The molecular formula is C20H22F3N3O3. The number of anilines is 1. The molecule has 0 spiro atoms. The Morgan fingerprint density at radius 2 is 1.83 bits per heavy atom. The molecule has 0 saturated heterocycles. The number of alkyl halides is 3. The van der Waals surface area contributed by atoms with Gasteiger partial charge in [-0.15, -0.1) is 0 Å². The number of benzene rings is 2. The average molecular weight is 409 g/mol. The number of carbonyl (C=O) groups is 2. The van der Waals surface area contributed by atoms with E-state index in [1.165, 1.54) is 12.1 Å². The lowest BCUT2D eigenvalue weighted by molar-refractivity contribution is -0.153. The molecule has 0 aliphatic heterocycles. The second kappa shape index (κ2) is 9.81. The van der Waals surface area contributed by atoms with Crippen molar-refractivity contribution in [3.63, 3.8) is 0 Å². The summed E-state index contributed by atoms with van der Waals surface area (Å²) in [6.45, 7) is 2.79. The first-order valence-electron chi connectivity index (χ1n) is 8.90. The second-order valence-electron chi connectivity index (χ2n) is 6.25. The molecule has 0 aliphatic carbocycles. The van der Waals surface area contributed by atoms with Gasteiger partial charge in [0.15, 0.2) is 6.61 Å². The molecule has 2 aromatic rings. The molecule has 0 unspecified atom stereocenters. The predicted octanol–water partition coefficient (Wildman–Crippen LogP) is 4.01. The highest BCUT2D eigenvalue weighted by molar-refractivity contribution is 5.97. The van der Waals surface area contributed by atoms with Crippen LogP contribution in [-0.4, -0.2) is 31.3 Å². The maximum absolute atomic E-state index is 12.2. The van der Waals surface area contributed by atoms with Gasteiger partial charge in [-0.05, 0) is 49.2 Å². The number of urea groups is 1. The van der Waals surface area contributed by atoms with Crippen molar-refractivity contribution in [1.29, 1.82) is 0 Å². The molecule has 0 saturated carbocycles. The molecule has 2 aromatic carbocycles. The first-order valence-corrected chi connectivity index (χ1v) is 8.90. The minimum atomic E-state index is -4.42. The van der Waals surface area contributed by atoms with Crippen LogP contribution in [0.2, 0.25) is 0 Å². The predicted molar refractivity (Wildman–Crippen MR) is 103 cm³/mol. The molecule has 3 amide bonds. The fraction of sp³-hybridized carbons (Fsp3) is 0.300. The van der Waals surface area contributed by atoms with Gasteiger partial charge in [0.05, 0.1) is 0 Å². The van der Waals surface area contributed by atoms with Gasteiger partial charge >= 0.3 is 12.2 Å². The Hall–Kier alpha value is -3.23. The summed E-state index contributed by atoms with van der Waals surface area (Å²) in [5.74, 6) is -0.181. The zero-order chi connectivity index (χ0) is 21.4. The van der Waals surface area contributed by atoms with Crippen LogP contribution in [0.5, 0.6) is 5.75 Å². The van der Waals surface area contributed by atoms with Crippen LogP contribution >= 0.6 is 0 Å². The molecule has 29 heavy (non-hydrogen) atoms. The Morgan fingerprint density at radius 3 is 2.52 bits per heavy atom. The van der Waals surface area contributed by atoms with Crippen molar-refractivity contribution >= 4 is 17.6 Å². The summed E-state index contributed by atoms with van der Waals surface area (Å²) in [7, 11) is 0. The maximum Gasteiger partial charge on any atom is 0.422 e. The third-order valence-electron chi connectivity index (χ3n) is 3.84. The Labute approximate surface area is 166 Å². The van der Waals surface area contributed by atoms with Gasteiger partial charge in [0.2, 0.25) is 0 Å². The van der Waals surface area contributed by atoms with Crippen LogP contribution in [0, 0.1) is 6.92 Å². The summed E-state index contributed by atoms with van der Waals surface area (Å²) < 4.78 is 41.4. The smallest absolute Gasteiger partial charge is 0.422 e. The van der Waals surface area contributed by atoms with Gasteiger partial charge in [-0.25, -0.2) is 4.79 Å². The average Bonchev–Trinajstić information content (AvgIpc) is 2.66. The fourth-order valence-corrected chi connectivity index (χ4v) is 2.42. The lowest BCUT2D eigenvalue weighted by atomic mass is 10.1. The number of nitrogens with one attached hydrogen (secondary N) is 3. The fourth-order valence-electron chi connectivity index (χ4n) is 2.42. The van der Waals surface area contributed by atoms with E-state index in [1.54, 1.807) is 37.3 Å². The van der Waals surface area contributed by atoms with Crippen molar-refractivity contribution in [3.05, 3.63) is 59.2 Å². The van der Waals surface area contributed by atoms with E-state index in [4.69, 9.17) is 4.74 Å². The molecule has 2 rings (SSSR count). The molecular weight excluding hydrogens is 387 g/mol. The van der Waals surface area contributed by atoms with Gasteiger partial charge in [-0.2, -0.15) is 13.2 Å². The van der Waals surface area contributed by atoms with Crippen LogP contribution in [0.3, 0.4) is 0 Å². The molecule has 156 valence electrons. The van der Waals surface area contributed by atoms with Crippen LogP contribution in [0.1, 0.15) is 28.4 Å². The minimum absolute atomic E-state index is 0.0625. The topological polar surface area (TPSA) is 79.5 Å². The Morgan fingerprint density at radius 1 is 1.07 bits per heavy atom. The molecule has 0 bridgehead atoms. The van der Waals surface area contributed by atoms with E-state index in [2.05, 4.69) is 16.0 Å². The van der Waals surface area contributed by atoms with Crippen molar-refractivity contribution in [3.8, 4) is 5.75 Å². The van der Waals surface area contributed by atoms with E-state index in [0.29, 0.717) is 23.4 Å². The van der Waals surface area contributed by atoms with Crippen LogP contribution in [0.25, 0.3) is 0 Å². The summed E-state index contributed by atoms with van der Waals surface area (Å²) >= 11 is 0. The molecule has 3 N–H and O–H groups in total. The van der Waals surface area contributed by atoms with Crippen LogP contribution in [0.15, 0.2) is 42.5 Å². The zero-order valence-corrected chi connectivity index (χ0v) is 16.0. The maximum atomic E-state index is 12.2. The van der Waals surface area contributed by atoms with Crippen molar-refractivity contribution in [2.75, 3.05) is 18.5 Å². The standard InChI is InChI=1S/C20H22F3N3O3/c1-3-24-18(27)15-8-7-13(2)17(10-15)26-19(28)25-11-14-5-4-6-16(9-14)29-12-20(21,22)23/h4-10H,3,11-12H2,1-2H3,(H,24,27)(H2,25,26,28). The quantitative estimate of drug-likeness (QED) is 0.647. The molecule has 0 aliphatic rings. The molecule has 0 atom stereocenters. The number of hydrogen-bond donors (Lipinski definition) is 3. The van der Waals surface area contributed by atoms with Gasteiger partial charge in [-0.3, -0.25) is 4.79 Å². The van der Waals surface area contributed by atoms with Crippen molar-refractivity contribution in [1.82, 2.24) is 10.6 Å². The third kappa shape index (κ3) is 7.36. The van der Waals surface area contributed by atoms with Gasteiger partial charge in [0.1, 0.15) is 5.75 Å². The molecule has 0 fully saturated rings. The molecule has 0 heterocycles. The van der Waals surface area contributed by atoms with E-state index in [9.17, 15) is 22.8 Å². The van der Waals surface area contributed by atoms with E-state index in [0.717, 1.165) is 5.56 Å². The summed E-state index contributed by atoms with van der Waals surface area (Å²) in [5, 5.41) is 7.97. The summed E-state index contributed by atoms with van der Waals surface area (Å²) in [6.07, 6.45) is -4.42. The van der Waals surface area contributed by atoms with Crippen LogP contribution in [0.4, 0.5) is 23.7 Å². The van der Waals surface area contributed by atoms with E-state index in [-0.39, 0.29) is 18.2 Å². The van der Waals surface area contributed by atoms with Crippen molar-refractivity contribution in [2.24, 2.45) is 0 Å². The Bertz CT molecular complexity index is 870. The summed E-state index contributed by atoms with van der Waals surface area (Å²) in [6, 6.07) is 10.5. The van der Waals surface area contributed by atoms with E-state index >= 15 is 0 Å². The Balaban J connectivity index is 1.95. The number of rotatable bonds is 7. The first kappa shape index (κ1) is 22.1. The highest BCUT2D eigenvalue weighted by atomic mass is 19.4. The normalized spacial score (nSPS) is 10.9. The second-order valence-corrected chi connectivity index (χ2v) is 6.25. The number of aryl methyl sites for hydroxylation is 1. The number of amides is 3. The van der Waals surface area contributed by atoms with Gasteiger partial charge in [-0.1, -0.05) is 18.2 Å². The number of ether oxygens (including phenoxy) is 1. The largest absolute Gasteiger partial charge is 0.484 e. The first-order chi connectivity index (χ1) is 13.7. The van der Waals surface area contributed by atoms with Crippen LogP contribution < -0.4 is 20.7 Å². The van der Waals surface area contributed by atoms with E-state index < -0.39 is 18.8 Å². The molecule has 6 nitrogen and oxygen atoms in total. The zero-order valence-electron chi connectivity index (χ0n) is 16.0. The monoisotopic (exact) mass is 409 g/mol. The number of halogens is 3. The Kier molecular flexibility index (Phi) is 7.46. The SMILES string of the molecule is CCNC(=O)c1ccc(C)c(NC(=O)NCc2cccc(OCC(F)(F)F)c2)c1. The van der Waals surface area contributed by atoms with Gasteiger partial charge < -0.3 is 20.7 Å². The lowest BCUT2D eigenvalue weighted by Gasteiger charge is -2.13. The minimum Gasteiger partial charge on any atom is -0.484 e. The summed E-state index contributed by atoms with van der Waals surface area (Å²) in [5.41, 5.74) is 2.25.